The van der Waals surface area contributed by atoms with Gasteiger partial charge in [0, 0.05) is 17.2 Å². The molecule has 0 bridgehead atoms. The van der Waals surface area contributed by atoms with Gasteiger partial charge < -0.3 is 5.11 Å². The van der Waals surface area contributed by atoms with E-state index in [1.54, 1.807) is 18.2 Å². The zero-order chi connectivity index (χ0) is 15.8. The molecule has 2 aromatic carbocycles. The van der Waals surface area contributed by atoms with Gasteiger partial charge >= 0.3 is 5.97 Å². The van der Waals surface area contributed by atoms with Crippen molar-refractivity contribution in [2.75, 3.05) is 0 Å². The van der Waals surface area contributed by atoms with Crippen LogP contribution in [0.15, 0.2) is 72.8 Å². The van der Waals surface area contributed by atoms with Crippen LogP contribution in [0, 0.1) is 17.7 Å². The van der Waals surface area contributed by atoms with Crippen molar-refractivity contribution in [3.8, 4) is 11.8 Å². The summed E-state index contributed by atoms with van der Waals surface area (Å²) in [6, 6.07) is 15.3. The molecule has 0 fully saturated rings. The number of hydrogen-bond acceptors (Lipinski definition) is 1. The number of allylic oxidation sites excluding steroid dienone is 3. The summed E-state index contributed by atoms with van der Waals surface area (Å²) in [6.07, 6.45) is 4.02. The van der Waals surface area contributed by atoms with Gasteiger partial charge in [-0.1, -0.05) is 48.2 Å². The smallest absolute Gasteiger partial charge is 0.328 e. The number of hydrogen-bond donors (Lipinski definition) is 1. The van der Waals surface area contributed by atoms with Crippen molar-refractivity contribution >= 4 is 11.5 Å². The van der Waals surface area contributed by atoms with Crippen molar-refractivity contribution < 1.29 is 14.3 Å². The van der Waals surface area contributed by atoms with Crippen LogP contribution >= 0.6 is 0 Å². The van der Waals surface area contributed by atoms with E-state index in [0.717, 1.165) is 17.2 Å². The summed E-state index contributed by atoms with van der Waals surface area (Å²) in [5, 5.41) is 8.64. The quantitative estimate of drug-likeness (QED) is 0.529. The molecule has 108 valence electrons. The first-order valence-electron chi connectivity index (χ1n) is 6.59. The third kappa shape index (κ3) is 4.77. The number of rotatable bonds is 3. The van der Waals surface area contributed by atoms with Crippen LogP contribution < -0.4 is 0 Å². The maximum Gasteiger partial charge on any atom is 0.328 e. The monoisotopic (exact) mass is 292 g/mol. The van der Waals surface area contributed by atoms with Crippen molar-refractivity contribution in [2.24, 2.45) is 0 Å². The second-order valence-electron chi connectivity index (χ2n) is 4.40. The van der Waals surface area contributed by atoms with Gasteiger partial charge in [0.15, 0.2) is 0 Å². The lowest BCUT2D eigenvalue weighted by molar-refractivity contribution is -0.131. The summed E-state index contributed by atoms with van der Waals surface area (Å²) < 4.78 is 13.0. The number of carbonyl (C=O) groups is 1. The molecule has 2 rings (SSSR count). The Morgan fingerprint density at radius 1 is 1.05 bits per heavy atom. The SMILES string of the molecule is O=C(O)/C=C/C=C(\C#Cc1ccccc1)c1ccc(F)cc1. The molecule has 0 saturated heterocycles. The summed E-state index contributed by atoms with van der Waals surface area (Å²) in [5.41, 5.74) is 2.18. The van der Waals surface area contributed by atoms with Gasteiger partial charge in [0.2, 0.25) is 0 Å². The lowest BCUT2D eigenvalue weighted by Gasteiger charge is -1.99. The molecule has 0 saturated carbocycles. The Labute approximate surface area is 128 Å². The molecular weight excluding hydrogens is 279 g/mol. The molecule has 22 heavy (non-hydrogen) atoms. The van der Waals surface area contributed by atoms with Crippen LogP contribution in [0.4, 0.5) is 4.39 Å². The molecule has 0 unspecified atom stereocenters. The molecule has 3 heteroatoms. The van der Waals surface area contributed by atoms with Crippen molar-refractivity contribution in [1.29, 1.82) is 0 Å². The first-order chi connectivity index (χ1) is 10.6. The number of benzene rings is 2. The highest BCUT2D eigenvalue weighted by Crippen LogP contribution is 2.15. The highest BCUT2D eigenvalue weighted by Gasteiger charge is 1.98. The number of carboxylic acids is 1. The van der Waals surface area contributed by atoms with Crippen LogP contribution in [0.5, 0.6) is 0 Å². The van der Waals surface area contributed by atoms with Gasteiger partial charge in [0.25, 0.3) is 0 Å². The molecule has 0 amide bonds. The van der Waals surface area contributed by atoms with E-state index in [1.807, 2.05) is 30.3 Å². The summed E-state index contributed by atoms with van der Waals surface area (Å²) >= 11 is 0. The van der Waals surface area contributed by atoms with Gasteiger partial charge in [0.1, 0.15) is 5.82 Å². The Bertz CT molecular complexity index is 761. The Kier molecular flexibility index (Phi) is 5.28. The largest absolute Gasteiger partial charge is 0.478 e. The highest BCUT2D eigenvalue weighted by molar-refractivity contribution is 5.83. The number of carboxylic acid groups (broad SMARTS) is 1. The minimum Gasteiger partial charge on any atom is -0.478 e. The van der Waals surface area contributed by atoms with E-state index in [-0.39, 0.29) is 5.82 Å². The highest BCUT2D eigenvalue weighted by atomic mass is 19.1. The Hall–Kier alpha value is -3.12. The normalized spacial score (nSPS) is 11.0. The molecule has 0 aliphatic heterocycles. The van der Waals surface area contributed by atoms with Gasteiger partial charge in [-0.25, -0.2) is 9.18 Å². The Morgan fingerprint density at radius 3 is 2.36 bits per heavy atom. The molecule has 0 atom stereocenters. The molecule has 0 aliphatic carbocycles. The molecule has 0 aliphatic rings. The van der Waals surface area contributed by atoms with E-state index in [1.165, 1.54) is 18.2 Å². The van der Waals surface area contributed by atoms with Crippen LogP contribution in [-0.4, -0.2) is 11.1 Å². The average molecular weight is 292 g/mol. The van der Waals surface area contributed by atoms with Gasteiger partial charge in [0.05, 0.1) is 0 Å². The fourth-order valence-electron chi connectivity index (χ4n) is 1.73. The first-order valence-corrected chi connectivity index (χ1v) is 6.59. The van der Waals surface area contributed by atoms with E-state index in [9.17, 15) is 9.18 Å². The van der Waals surface area contributed by atoms with Gasteiger partial charge in [-0.15, -0.1) is 0 Å². The van der Waals surface area contributed by atoms with E-state index >= 15 is 0 Å². The molecule has 0 heterocycles. The maximum absolute atomic E-state index is 13.0. The number of halogens is 1. The maximum atomic E-state index is 13.0. The molecule has 2 nitrogen and oxygen atoms in total. The van der Waals surface area contributed by atoms with Crippen molar-refractivity contribution in [2.45, 2.75) is 0 Å². The lowest BCUT2D eigenvalue weighted by atomic mass is 10.1. The zero-order valence-electron chi connectivity index (χ0n) is 11.7. The molecule has 0 spiro atoms. The minimum atomic E-state index is -1.04. The van der Waals surface area contributed by atoms with Crippen molar-refractivity contribution in [1.82, 2.24) is 0 Å². The fourth-order valence-corrected chi connectivity index (χ4v) is 1.73. The summed E-state index contributed by atoms with van der Waals surface area (Å²) in [6.45, 7) is 0. The van der Waals surface area contributed by atoms with Gasteiger partial charge in [-0.3, -0.25) is 0 Å². The average Bonchev–Trinajstić information content (AvgIpc) is 2.52. The molecule has 0 radical (unpaired) electrons. The number of aliphatic carboxylic acids is 1. The van der Waals surface area contributed by atoms with Crippen LogP contribution in [0.1, 0.15) is 11.1 Å². The van der Waals surface area contributed by atoms with Crippen LogP contribution in [0.25, 0.3) is 5.57 Å². The summed E-state index contributed by atoms with van der Waals surface area (Å²) in [7, 11) is 0. The van der Waals surface area contributed by atoms with E-state index in [4.69, 9.17) is 5.11 Å². The Morgan fingerprint density at radius 2 is 1.73 bits per heavy atom. The molecule has 1 N–H and O–H groups in total. The lowest BCUT2D eigenvalue weighted by Crippen LogP contribution is -1.86. The van der Waals surface area contributed by atoms with Crippen LogP contribution in [-0.2, 0) is 4.79 Å². The fraction of sp³-hybridized carbons (Fsp3) is 0. The first kappa shape index (κ1) is 15.3. The van der Waals surface area contributed by atoms with E-state index in [2.05, 4.69) is 11.8 Å². The zero-order valence-corrected chi connectivity index (χ0v) is 11.7. The van der Waals surface area contributed by atoms with Crippen molar-refractivity contribution in [3.63, 3.8) is 0 Å². The molecule has 2 aromatic rings. The molecule has 0 aromatic heterocycles. The predicted octanol–water partition coefficient (Wildman–Crippen LogP) is 3.90. The predicted molar refractivity (Wildman–Crippen MR) is 84.5 cm³/mol. The van der Waals surface area contributed by atoms with E-state index < -0.39 is 5.97 Å². The second-order valence-corrected chi connectivity index (χ2v) is 4.40. The van der Waals surface area contributed by atoms with Gasteiger partial charge in [-0.05, 0) is 35.9 Å². The summed E-state index contributed by atoms with van der Waals surface area (Å²) in [5.74, 6) is 4.62. The van der Waals surface area contributed by atoms with Gasteiger partial charge in [-0.2, -0.15) is 0 Å². The Balaban J connectivity index is 2.36. The van der Waals surface area contributed by atoms with Crippen molar-refractivity contribution in [3.05, 3.63) is 89.8 Å². The molecular formula is C19H13FO2. The minimum absolute atomic E-state index is 0.333. The topological polar surface area (TPSA) is 37.3 Å². The standard InChI is InChI=1S/C19H13FO2/c20-18-13-11-17(12-14-18)16(7-4-8-19(21)22)10-9-15-5-2-1-3-6-15/h1-8,11-14H,(H,21,22)/b8-4+,16-7+. The third-order valence-corrected chi connectivity index (χ3v) is 2.77. The van der Waals surface area contributed by atoms with E-state index in [0.29, 0.717) is 5.57 Å². The second kappa shape index (κ2) is 7.61. The van der Waals surface area contributed by atoms with Crippen LogP contribution in [0.3, 0.4) is 0 Å². The summed E-state index contributed by atoms with van der Waals surface area (Å²) in [4.78, 5) is 10.5. The van der Waals surface area contributed by atoms with Crippen LogP contribution in [0.2, 0.25) is 0 Å². The third-order valence-electron chi connectivity index (χ3n) is 2.77.